The van der Waals surface area contributed by atoms with Crippen LogP contribution in [0.4, 0.5) is 0 Å². The van der Waals surface area contributed by atoms with Crippen LogP contribution in [0.2, 0.25) is 5.02 Å². The van der Waals surface area contributed by atoms with Gasteiger partial charge in [-0.2, -0.15) is 0 Å². The minimum Gasteiger partial charge on any atom is -0.312 e. The Morgan fingerprint density at radius 3 is 2.65 bits per heavy atom. The molecule has 0 aliphatic heterocycles. The number of benzene rings is 1. The van der Waals surface area contributed by atoms with E-state index < -0.39 is 0 Å². The molecule has 1 aromatic rings. The van der Waals surface area contributed by atoms with Crippen LogP contribution in [0.5, 0.6) is 0 Å². The molecule has 1 aliphatic rings. The first kappa shape index (κ1) is 16.2. The molecule has 1 fully saturated rings. The number of hydrogen-bond acceptors (Lipinski definition) is 2. The van der Waals surface area contributed by atoms with E-state index in [-0.39, 0.29) is 0 Å². The van der Waals surface area contributed by atoms with Gasteiger partial charge in [-0.3, -0.25) is 0 Å². The van der Waals surface area contributed by atoms with Gasteiger partial charge in [0.15, 0.2) is 0 Å². The van der Waals surface area contributed by atoms with Gasteiger partial charge < -0.3 is 5.32 Å². The lowest BCUT2D eigenvalue weighted by atomic mass is 9.73. The van der Waals surface area contributed by atoms with E-state index in [4.69, 9.17) is 11.6 Å². The summed E-state index contributed by atoms with van der Waals surface area (Å²) in [4.78, 5) is 1.33. The van der Waals surface area contributed by atoms with E-state index >= 15 is 0 Å². The zero-order chi connectivity index (χ0) is 14.6. The Morgan fingerprint density at radius 1 is 1.30 bits per heavy atom. The number of thioether (sulfide) groups is 1. The summed E-state index contributed by atoms with van der Waals surface area (Å²) in [5.41, 5.74) is 0.386. The predicted octanol–water partition coefficient (Wildman–Crippen LogP) is 5.38. The van der Waals surface area contributed by atoms with Gasteiger partial charge in [0.2, 0.25) is 0 Å². The van der Waals surface area contributed by atoms with E-state index in [2.05, 4.69) is 38.2 Å². The molecule has 0 bridgehead atoms. The molecule has 0 spiro atoms. The molecule has 0 aromatic heterocycles. The molecule has 0 saturated heterocycles. The van der Waals surface area contributed by atoms with Crippen molar-refractivity contribution in [2.24, 2.45) is 5.41 Å². The lowest BCUT2D eigenvalue weighted by Crippen LogP contribution is -2.51. The Morgan fingerprint density at radius 2 is 2.00 bits per heavy atom. The number of rotatable bonds is 5. The SMILES string of the molecule is CCCNC1C(Sc2ccc(Cl)cc2)CCCC1(C)C. The lowest BCUT2D eigenvalue weighted by molar-refractivity contribution is 0.175. The Bertz CT molecular complexity index is 416. The van der Waals surface area contributed by atoms with Gasteiger partial charge in [0.05, 0.1) is 0 Å². The third kappa shape index (κ3) is 4.16. The Labute approximate surface area is 132 Å². The first-order valence-electron chi connectivity index (χ1n) is 7.68. The normalized spacial score (nSPS) is 25.6. The van der Waals surface area contributed by atoms with Gasteiger partial charge in [-0.1, -0.05) is 38.8 Å². The lowest BCUT2D eigenvalue weighted by Gasteiger charge is -2.44. The molecule has 1 aromatic carbocycles. The maximum absolute atomic E-state index is 5.98. The van der Waals surface area contributed by atoms with Crippen molar-refractivity contribution in [3.8, 4) is 0 Å². The van der Waals surface area contributed by atoms with Crippen LogP contribution < -0.4 is 5.32 Å². The van der Waals surface area contributed by atoms with Crippen LogP contribution in [0.3, 0.4) is 0 Å². The minimum absolute atomic E-state index is 0.386. The predicted molar refractivity (Wildman–Crippen MR) is 90.8 cm³/mol. The molecule has 1 aliphatic carbocycles. The summed E-state index contributed by atoms with van der Waals surface area (Å²) in [5, 5.41) is 5.27. The molecule has 2 unspecified atom stereocenters. The number of nitrogens with one attached hydrogen (secondary N) is 1. The Hall–Kier alpha value is -0.180. The largest absolute Gasteiger partial charge is 0.312 e. The molecule has 1 nitrogen and oxygen atoms in total. The van der Waals surface area contributed by atoms with E-state index in [9.17, 15) is 0 Å². The summed E-state index contributed by atoms with van der Waals surface area (Å²) in [6, 6.07) is 8.87. The van der Waals surface area contributed by atoms with Crippen LogP contribution in [0.15, 0.2) is 29.2 Å². The number of halogens is 1. The summed E-state index contributed by atoms with van der Waals surface area (Å²) < 4.78 is 0. The highest BCUT2D eigenvalue weighted by Crippen LogP contribution is 2.42. The fourth-order valence-corrected chi connectivity index (χ4v) is 4.76. The molecular formula is C17H26ClNS. The van der Waals surface area contributed by atoms with E-state index in [0.717, 1.165) is 11.6 Å². The van der Waals surface area contributed by atoms with Crippen molar-refractivity contribution < 1.29 is 0 Å². The standard InChI is InChI=1S/C17H26ClNS/c1-4-12-19-16-15(6-5-11-17(16,2)3)20-14-9-7-13(18)8-10-14/h7-10,15-16,19H,4-6,11-12H2,1-3H3. The van der Waals surface area contributed by atoms with E-state index in [1.54, 1.807) is 0 Å². The van der Waals surface area contributed by atoms with Crippen molar-refractivity contribution in [1.29, 1.82) is 0 Å². The van der Waals surface area contributed by atoms with E-state index in [1.807, 2.05) is 23.9 Å². The highest BCUT2D eigenvalue weighted by atomic mass is 35.5. The van der Waals surface area contributed by atoms with Crippen molar-refractivity contribution >= 4 is 23.4 Å². The van der Waals surface area contributed by atoms with Crippen molar-refractivity contribution in [1.82, 2.24) is 5.32 Å². The summed E-state index contributed by atoms with van der Waals surface area (Å²) in [6.45, 7) is 8.18. The van der Waals surface area contributed by atoms with Gasteiger partial charge in [-0.25, -0.2) is 0 Å². The van der Waals surface area contributed by atoms with Crippen LogP contribution in [0.1, 0.15) is 46.5 Å². The van der Waals surface area contributed by atoms with Crippen LogP contribution in [0, 0.1) is 5.41 Å². The average Bonchev–Trinajstić information content (AvgIpc) is 2.40. The van der Waals surface area contributed by atoms with Crippen LogP contribution >= 0.6 is 23.4 Å². The second kappa shape index (κ2) is 7.20. The van der Waals surface area contributed by atoms with Gasteiger partial charge in [-0.15, -0.1) is 11.8 Å². The second-order valence-electron chi connectivity index (χ2n) is 6.42. The second-order valence-corrected chi connectivity index (χ2v) is 8.17. The number of hydrogen-bond donors (Lipinski definition) is 1. The molecule has 0 amide bonds. The summed E-state index contributed by atoms with van der Waals surface area (Å²) in [7, 11) is 0. The zero-order valence-electron chi connectivity index (χ0n) is 12.8. The fraction of sp³-hybridized carbons (Fsp3) is 0.647. The van der Waals surface area contributed by atoms with Crippen LogP contribution in [-0.2, 0) is 0 Å². The zero-order valence-corrected chi connectivity index (χ0v) is 14.4. The molecule has 0 heterocycles. The summed E-state index contributed by atoms with van der Waals surface area (Å²) >= 11 is 7.99. The quantitative estimate of drug-likeness (QED) is 0.783. The molecule has 3 heteroatoms. The molecule has 2 rings (SSSR count). The van der Waals surface area contributed by atoms with E-state index in [1.165, 1.54) is 30.6 Å². The van der Waals surface area contributed by atoms with E-state index in [0.29, 0.717) is 16.7 Å². The first-order valence-corrected chi connectivity index (χ1v) is 8.94. The summed E-state index contributed by atoms with van der Waals surface area (Å²) in [5.74, 6) is 0. The minimum atomic E-state index is 0.386. The maximum atomic E-state index is 5.98. The van der Waals surface area contributed by atoms with Gasteiger partial charge in [0.25, 0.3) is 0 Å². The smallest absolute Gasteiger partial charge is 0.0406 e. The highest BCUT2D eigenvalue weighted by molar-refractivity contribution is 8.00. The molecule has 112 valence electrons. The fourth-order valence-electron chi connectivity index (χ4n) is 3.11. The first-order chi connectivity index (χ1) is 9.53. The van der Waals surface area contributed by atoms with Gasteiger partial charge in [0.1, 0.15) is 0 Å². The third-order valence-electron chi connectivity index (χ3n) is 4.24. The molecule has 1 saturated carbocycles. The molecule has 0 radical (unpaired) electrons. The van der Waals surface area contributed by atoms with Crippen LogP contribution in [-0.4, -0.2) is 17.8 Å². The monoisotopic (exact) mass is 311 g/mol. The van der Waals surface area contributed by atoms with Crippen molar-refractivity contribution in [2.75, 3.05) is 6.54 Å². The molecule has 1 N–H and O–H groups in total. The highest BCUT2D eigenvalue weighted by Gasteiger charge is 2.38. The summed E-state index contributed by atoms with van der Waals surface area (Å²) in [6.07, 6.45) is 5.16. The average molecular weight is 312 g/mol. The van der Waals surface area contributed by atoms with Crippen molar-refractivity contribution in [2.45, 2.75) is 62.6 Å². The van der Waals surface area contributed by atoms with Crippen LogP contribution in [0.25, 0.3) is 0 Å². The molecular weight excluding hydrogens is 286 g/mol. The third-order valence-corrected chi connectivity index (χ3v) is 5.85. The Balaban J connectivity index is 2.08. The Kier molecular flexibility index (Phi) is 5.83. The van der Waals surface area contributed by atoms with Gasteiger partial charge in [-0.05, 0) is 55.5 Å². The molecule has 2 atom stereocenters. The van der Waals surface area contributed by atoms with Gasteiger partial charge in [0, 0.05) is 21.2 Å². The van der Waals surface area contributed by atoms with Crippen molar-refractivity contribution in [3.63, 3.8) is 0 Å². The maximum Gasteiger partial charge on any atom is 0.0406 e. The van der Waals surface area contributed by atoms with Gasteiger partial charge >= 0.3 is 0 Å². The van der Waals surface area contributed by atoms with Crippen molar-refractivity contribution in [3.05, 3.63) is 29.3 Å². The molecule has 20 heavy (non-hydrogen) atoms. The topological polar surface area (TPSA) is 12.0 Å².